The first-order valence-corrected chi connectivity index (χ1v) is 11.1. The van der Waals surface area contributed by atoms with Gasteiger partial charge in [0.2, 0.25) is 0 Å². The lowest BCUT2D eigenvalue weighted by molar-refractivity contribution is -0.134. The molecule has 150 valence electrons. The van der Waals surface area contributed by atoms with Crippen molar-refractivity contribution in [2.45, 2.75) is 77.6 Å². The maximum absolute atomic E-state index is 11.6. The van der Waals surface area contributed by atoms with E-state index < -0.39 is 0 Å². The molecule has 0 radical (unpaired) electrons. The molecule has 0 aliphatic heterocycles. The van der Waals surface area contributed by atoms with Gasteiger partial charge in [0.15, 0.2) is 0 Å². The summed E-state index contributed by atoms with van der Waals surface area (Å²) in [5.74, 6) is 2.15. The molecule has 0 unspecified atom stereocenters. The summed E-state index contributed by atoms with van der Waals surface area (Å²) >= 11 is 0. The number of ether oxygens (including phenoxy) is 1. The highest BCUT2D eigenvalue weighted by molar-refractivity contribution is 5.73. The van der Waals surface area contributed by atoms with E-state index in [0.29, 0.717) is 12.2 Å². The van der Waals surface area contributed by atoms with Crippen molar-refractivity contribution in [3.8, 4) is 16.9 Å². The van der Waals surface area contributed by atoms with Crippen LogP contribution in [0.5, 0.6) is 5.75 Å². The molecule has 0 bridgehead atoms. The molecule has 2 aromatic carbocycles. The monoisotopic (exact) mass is 378 g/mol. The van der Waals surface area contributed by atoms with Crippen LogP contribution in [-0.4, -0.2) is 5.97 Å². The van der Waals surface area contributed by atoms with E-state index in [-0.39, 0.29) is 5.97 Å². The molecule has 1 aliphatic carbocycles. The fourth-order valence-electron chi connectivity index (χ4n) is 4.33. The molecule has 0 atom stereocenters. The molecular formula is C26H34O2. The van der Waals surface area contributed by atoms with Crippen molar-refractivity contribution in [3.05, 3.63) is 54.1 Å². The highest BCUT2D eigenvalue weighted by Gasteiger charge is 2.21. The van der Waals surface area contributed by atoms with Gasteiger partial charge in [-0.1, -0.05) is 69.5 Å². The van der Waals surface area contributed by atoms with Gasteiger partial charge in [-0.3, -0.25) is 4.79 Å². The predicted octanol–water partition coefficient (Wildman–Crippen LogP) is 7.52. The highest BCUT2D eigenvalue weighted by Crippen LogP contribution is 2.38. The summed E-state index contributed by atoms with van der Waals surface area (Å²) in [6.07, 6.45) is 10.9. The molecule has 0 saturated heterocycles. The van der Waals surface area contributed by atoms with Gasteiger partial charge >= 0.3 is 5.97 Å². The number of hydrogen-bond donors (Lipinski definition) is 0. The van der Waals surface area contributed by atoms with Crippen LogP contribution in [0.25, 0.3) is 11.1 Å². The number of hydrogen-bond acceptors (Lipinski definition) is 2. The van der Waals surface area contributed by atoms with Crippen molar-refractivity contribution in [2.24, 2.45) is 5.92 Å². The minimum atomic E-state index is -0.163. The molecule has 2 nitrogen and oxygen atoms in total. The van der Waals surface area contributed by atoms with Gasteiger partial charge in [-0.15, -0.1) is 0 Å². The lowest BCUT2D eigenvalue weighted by Gasteiger charge is -2.29. The number of unbranched alkanes of at least 4 members (excludes halogenated alkanes) is 1. The second-order valence-corrected chi connectivity index (χ2v) is 8.23. The van der Waals surface area contributed by atoms with Crippen LogP contribution in [0, 0.1) is 5.92 Å². The number of esters is 1. The topological polar surface area (TPSA) is 26.3 Å². The summed E-state index contributed by atoms with van der Waals surface area (Å²) in [5.41, 5.74) is 3.86. The molecule has 2 aromatic rings. The van der Waals surface area contributed by atoms with Crippen LogP contribution in [0.15, 0.2) is 48.5 Å². The Labute approximate surface area is 170 Å². The molecular weight excluding hydrogens is 344 g/mol. The summed E-state index contributed by atoms with van der Waals surface area (Å²) < 4.78 is 5.34. The Hall–Kier alpha value is -2.09. The third-order valence-electron chi connectivity index (χ3n) is 6.07. The molecule has 28 heavy (non-hydrogen) atoms. The van der Waals surface area contributed by atoms with Gasteiger partial charge in [0, 0.05) is 6.42 Å². The van der Waals surface area contributed by atoms with E-state index in [9.17, 15) is 4.79 Å². The van der Waals surface area contributed by atoms with Crippen LogP contribution in [0.3, 0.4) is 0 Å². The summed E-state index contributed by atoms with van der Waals surface area (Å²) in [5, 5.41) is 0. The summed E-state index contributed by atoms with van der Waals surface area (Å²) in [6, 6.07) is 16.9. The Bertz CT molecular complexity index is 722. The van der Waals surface area contributed by atoms with Crippen LogP contribution in [-0.2, 0) is 4.79 Å². The Morgan fingerprint density at radius 3 is 2.04 bits per heavy atom. The third kappa shape index (κ3) is 5.70. The SMILES string of the molecule is CCCCC1CCC(c2ccc(-c3ccc(OC(=O)CCC)cc3)cc2)CC1. The second kappa shape index (κ2) is 10.5. The smallest absolute Gasteiger partial charge is 0.311 e. The van der Waals surface area contributed by atoms with E-state index in [2.05, 4.69) is 31.2 Å². The lowest BCUT2D eigenvalue weighted by atomic mass is 9.77. The van der Waals surface area contributed by atoms with Crippen molar-refractivity contribution in [1.29, 1.82) is 0 Å². The van der Waals surface area contributed by atoms with E-state index in [0.717, 1.165) is 23.8 Å². The van der Waals surface area contributed by atoms with Crippen LogP contribution < -0.4 is 4.74 Å². The zero-order chi connectivity index (χ0) is 19.8. The summed E-state index contributed by atoms with van der Waals surface area (Å²) in [6.45, 7) is 4.27. The lowest BCUT2D eigenvalue weighted by Crippen LogP contribution is -2.13. The Kier molecular flexibility index (Phi) is 7.71. The minimum absolute atomic E-state index is 0.163. The number of benzene rings is 2. The predicted molar refractivity (Wildman–Crippen MR) is 117 cm³/mol. The van der Waals surface area contributed by atoms with E-state index in [1.807, 2.05) is 31.2 Å². The first kappa shape index (κ1) is 20.6. The second-order valence-electron chi connectivity index (χ2n) is 8.23. The highest BCUT2D eigenvalue weighted by atomic mass is 16.5. The van der Waals surface area contributed by atoms with Crippen molar-refractivity contribution < 1.29 is 9.53 Å². The van der Waals surface area contributed by atoms with E-state index in [1.165, 1.54) is 56.1 Å². The zero-order valence-electron chi connectivity index (χ0n) is 17.5. The maximum Gasteiger partial charge on any atom is 0.311 e. The molecule has 0 spiro atoms. The quantitative estimate of drug-likeness (QED) is 0.350. The molecule has 2 heteroatoms. The van der Waals surface area contributed by atoms with Gasteiger partial charge in [-0.25, -0.2) is 0 Å². The van der Waals surface area contributed by atoms with Gasteiger partial charge in [0.25, 0.3) is 0 Å². The minimum Gasteiger partial charge on any atom is -0.427 e. The molecule has 0 amide bonds. The van der Waals surface area contributed by atoms with Crippen LogP contribution >= 0.6 is 0 Å². The Morgan fingerprint density at radius 2 is 1.46 bits per heavy atom. The van der Waals surface area contributed by atoms with Crippen LogP contribution in [0.1, 0.15) is 83.1 Å². The molecule has 0 N–H and O–H groups in total. The van der Waals surface area contributed by atoms with Crippen molar-refractivity contribution in [2.75, 3.05) is 0 Å². The molecule has 0 heterocycles. The fourth-order valence-corrected chi connectivity index (χ4v) is 4.33. The van der Waals surface area contributed by atoms with E-state index >= 15 is 0 Å². The van der Waals surface area contributed by atoms with E-state index in [4.69, 9.17) is 4.74 Å². The van der Waals surface area contributed by atoms with Crippen LogP contribution in [0.2, 0.25) is 0 Å². The zero-order valence-corrected chi connectivity index (χ0v) is 17.5. The molecule has 3 rings (SSSR count). The standard InChI is InChI=1S/C26H34O2/c1-3-5-7-20-8-10-21(11-9-20)22-12-14-23(15-13-22)24-16-18-25(19-17-24)28-26(27)6-4-2/h12-21H,3-11H2,1-2H3. The third-order valence-corrected chi connectivity index (χ3v) is 6.07. The Morgan fingerprint density at radius 1 is 0.857 bits per heavy atom. The number of rotatable bonds is 8. The molecule has 0 aromatic heterocycles. The normalized spacial score (nSPS) is 19.4. The first-order valence-electron chi connectivity index (χ1n) is 11.1. The summed E-state index contributed by atoms with van der Waals surface area (Å²) in [7, 11) is 0. The average Bonchev–Trinajstić information content (AvgIpc) is 2.73. The average molecular weight is 379 g/mol. The van der Waals surface area contributed by atoms with Gasteiger partial charge in [-0.2, -0.15) is 0 Å². The molecule has 1 fully saturated rings. The van der Waals surface area contributed by atoms with Gasteiger partial charge in [0.05, 0.1) is 0 Å². The fraction of sp³-hybridized carbons (Fsp3) is 0.500. The summed E-state index contributed by atoms with van der Waals surface area (Å²) in [4.78, 5) is 11.6. The van der Waals surface area contributed by atoms with Gasteiger partial charge < -0.3 is 4.74 Å². The van der Waals surface area contributed by atoms with E-state index in [1.54, 1.807) is 0 Å². The largest absolute Gasteiger partial charge is 0.427 e. The van der Waals surface area contributed by atoms with Gasteiger partial charge in [0.1, 0.15) is 5.75 Å². The van der Waals surface area contributed by atoms with Crippen LogP contribution in [0.4, 0.5) is 0 Å². The molecule has 1 aliphatic rings. The number of carbonyl (C=O) groups excluding carboxylic acids is 1. The van der Waals surface area contributed by atoms with Crippen molar-refractivity contribution in [1.82, 2.24) is 0 Å². The first-order chi connectivity index (χ1) is 13.7. The van der Waals surface area contributed by atoms with Crippen molar-refractivity contribution >= 4 is 5.97 Å². The van der Waals surface area contributed by atoms with Crippen molar-refractivity contribution in [3.63, 3.8) is 0 Å². The van der Waals surface area contributed by atoms with Gasteiger partial charge in [-0.05, 0) is 72.8 Å². The molecule has 1 saturated carbocycles. The maximum atomic E-state index is 11.6. The Balaban J connectivity index is 1.56. The number of carbonyl (C=O) groups is 1.